The summed E-state index contributed by atoms with van der Waals surface area (Å²) in [4.78, 5) is 2.04. The summed E-state index contributed by atoms with van der Waals surface area (Å²) in [5.74, 6) is -1.15. The van der Waals surface area contributed by atoms with Gasteiger partial charge >= 0.3 is 6.18 Å². The molecule has 0 aromatic heterocycles. The molecule has 0 spiro atoms. The third kappa shape index (κ3) is 3.91. The molecular weight excluding hydrogens is 303 g/mol. The minimum atomic E-state index is -4.06. The summed E-state index contributed by atoms with van der Waals surface area (Å²) in [6, 6.07) is 8.49. The molecule has 1 aromatic carbocycles. The zero-order valence-corrected chi connectivity index (χ0v) is 13.1. The molecule has 1 aromatic rings. The quantitative estimate of drug-likeness (QED) is 0.888. The van der Waals surface area contributed by atoms with E-state index in [2.05, 4.69) is 5.32 Å². The number of rotatable bonds is 3. The van der Waals surface area contributed by atoms with Gasteiger partial charge in [0.2, 0.25) is 0 Å². The molecule has 0 unspecified atom stereocenters. The monoisotopic (exact) mass is 327 g/mol. The van der Waals surface area contributed by atoms with Gasteiger partial charge in [0.25, 0.3) is 0 Å². The maximum atomic E-state index is 12.7. The van der Waals surface area contributed by atoms with E-state index in [0.29, 0.717) is 19.1 Å². The Morgan fingerprint density at radius 1 is 1.00 bits per heavy atom. The van der Waals surface area contributed by atoms with E-state index in [1.807, 2.05) is 29.2 Å². The Balaban J connectivity index is 1.56. The number of nitrogens with two attached hydrogens (primary N) is 1. The maximum absolute atomic E-state index is 12.7. The molecule has 1 aliphatic heterocycles. The van der Waals surface area contributed by atoms with Crippen molar-refractivity contribution >= 4 is 11.4 Å². The highest BCUT2D eigenvalue weighted by molar-refractivity contribution is 5.55. The van der Waals surface area contributed by atoms with Crippen LogP contribution in [0, 0.1) is 5.92 Å². The van der Waals surface area contributed by atoms with Gasteiger partial charge in [-0.05, 0) is 56.4 Å². The van der Waals surface area contributed by atoms with Crippen molar-refractivity contribution in [3.05, 3.63) is 24.3 Å². The van der Waals surface area contributed by atoms with Crippen LogP contribution in [0.15, 0.2) is 24.3 Å². The van der Waals surface area contributed by atoms with Crippen molar-refractivity contribution in [2.45, 2.75) is 50.4 Å². The minimum Gasteiger partial charge on any atom is -0.381 e. The van der Waals surface area contributed by atoms with Crippen LogP contribution in [-0.2, 0) is 0 Å². The van der Waals surface area contributed by atoms with Crippen LogP contribution in [0.1, 0.15) is 32.1 Å². The van der Waals surface area contributed by atoms with Gasteiger partial charge in [-0.25, -0.2) is 0 Å². The number of hydrogen-bond acceptors (Lipinski definition) is 3. The highest BCUT2D eigenvalue weighted by Gasteiger charge is 2.41. The molecule has 0 amide bonds. The largest absolute Gasteiger partial charge is 0.391 e. The number of hydrogen-bond donors (Lipinski definition) is 2. The van der Waals surface area contributed by atoms with Crippen molar-refractivity contribution in [3.63, 3.8) is 0 Å². The second-order valence-electron chi connectivity index (χ2n) is 6.70. The Bertz CT molecular complexity index is 507. The molecule has 0 radical (unpaired) electrons. The van der Waals surface area contributed by atoms with Crippen LogP contribution in [0.25, 0.3) is 0 Å². The molecule has 1 saturated heterocycles. The van der Waals surface area contributed by atoms with E-state index in [0.717, 1.165) is 30.6 Å². The molecule has 23 heavy (non-hydrogen) atoms. The summed E-state index contributed by atoms with van der Waals surface area (Å²) in [7, 11) is 0. The van der Waals surface area contributed by atoms with Crippen molar-refractivity contribution in [2.75, 3.05) is 23.3 Å². The number of nitrogens with zero attached hydrogens (tertiary/aromatic N) is 1. The zero-order valence-electron chi connectivity index (χ0n) is 13.1. The lowest BCUT2D eigenvalue weighted by Gasteiger charge is -2.34. The molecule has 2 aliphatic rings. The molecule has 3 rings (SSSR count). The predicted octanol–water partition coefficient (Wildman–Crippen LogP) is 3.76. The molecular formula is C17H24F3N3. The molecule has 1 saturated carbocycles. The van der Waals surface area contributed by atoms with E-state index in [1.165, 1.54) is 0 Å². The van der Waals surface area contributed by atoms with Gasteiger partial charge in [0, 0.05) is 36.5 Å². The summed E-state index contributed by atoms with van der Waals surface area (Å²) in [5, 5.41) is 3.46. The fraction of sp³-hybridized carbons (Fsp3) is 0.647. The van der Waals surface area contributed by atoms with E-state index in [1.54, 1.807) is 0 Å². The molecule has 0 bridgehead atoms. The van der Waals surface area contributed by atoms with Crippen LogP contribution in [0.4, 0.5) is 24.5 Å². The number of nitrogens with one attached hydrogen (secondary N) is 1. The third-order valence-electron chi connectivity index (χ3n) is 5.11. The summed E-state index contributed by atoms with van der Waals surface area (Å²) in [5.41, 5.74) is 8.08. The minimum absolute atomic E-state index is 0.181. The van der Waals surface area contributed by atoms with Crippen molar-refractivity contribution in [1.82, 2.24) is 0 Å². The summed E-state index contributed by atoms with van der Waals surface area (Å²) in [6.45, 7) is 0.925. The first-order valence-corrected chi connectivity index (χ1v) is 8.37. The topological polar surface area (TPSA) is 41.3 Å². The smallest absolute Gasteiger partial charge is 0.381 e. The first kappa shape index (κ1) is 16.4. The van der Waals surface area contributed by atoms with Crippen LogP contribution in [0.5, 0.6) is 0 Å². The van der Waals surface area contributed by atoms with Gasteiger partial charge in [-0.2, -0.15) is 13.2 Å². The lowest BCUT2D eigenvalue weighted by Crippen LogP contribution is -2.39. The van der Waals surface area contributed by atoms with Crippen molar-refractivity contribution < 1.29 is 13.2 Å². The number of anilines is 2. The van der Waals surface area contributed by atoms with Crippen molar-refractivity contribution in [1.29, 1.82) is 0 Å². The molecule has 6 heteroatoms. The highest BCUT2D eigenvalue weighted by atomic mass is 19.4. The van der Waals surface area contributed by atoms with E-state index in [4.69, 9.17) is 5.73 Å². The van der Waals surface area contributed by atoms with Gasteiger partial charge in [0.1, 0.15) is 0 Å². The Labute approximate surface area is 135 Å². The van der Waals surface area contributed by atoms with Crippen molar-refractivity contribution in [2.24, 2.45) is 11.7 Å². The predicted molar refractivity (Wildman–Crippen MR) is 86.7 cm³/mol. The average molecular weight is 327 g/mol. The first-order valence-electron chi connectivity index (χ1n) is 8.37. The maximum Gasteiger partial charge on any atom is 0.391 e. The third-order valence-corrected chi connectivity index (χ3v) is 5.11. The molecule has 3 nitrogen and oxygen atoms in total. The van der Waals surface area contributed by atoms with Crippen LogP contribution in [-0.4, -0.2) is 31.3 Å². The summed E-state index contributed by atoms with van der Waals surface area (Å²) >= 11 is 0. The van der Waals surface area contributed by atoms with E-state index < -0.39 is 12.1 Å². The van der Waals surface area contributed by atoms with Gasteiger partial charge in [0.05, 0.1) is 5.92 Å². The Kier molecular flexibility index (Phi) is 4.71. The van der Waals surface area contributed by atoms with Gasteiger partial charge in [0.15, 0.2) is 0 Å². The number of benzene rings is 1. The average Bonchev–Trinajstić information content (AvgIpc) is 2.93. The lowest BCUT2D eigenvalue weighted by molar-refractivity contribution is -0.179. The first-order chi connectivity index (χ1) is 10.9. The normalized spacial score (nSPS) is 26.5. The van der Waals surface area contributed by atoms with Gasteiger partial charge in [-0.15, -0.1) is 0 Å². The highest BCUT2D eigenvalue weighted by Crippen LogP contribution is 2.35. The Hall–Kier alpha value is -1.43. The SMILES string of the molecule is N[C@H]1CCC[C@H]1Nc1ccc(N2CCC(C(F)(F)F)CC2)cc1. The molecule has 1 aliphatic carbocycles. The molecule has 2 atom stereocenters. The zero-order chi connectivity index (χ0) is 16.4. The van der Waals surface area contributed by atoms with E-state index in [-0.39, 0.29) is 18.9 Å². The second kappa shape index (κ2) is 6.59. The standard InChI is InChI=1S/C17H24F3N3/c18-17(19,20)12-8-10-23(11-9-12)14-6-4-13(5-7-14)22-16-3-1-2-15(16)21/h4-7,12,15-16,22H,1-3,8-11,21H2/t15-,16+/m0/s1. The summed E-state index contributed by atoms with van der Waals surface area (Å²) in [6.07, 6.45) is -0.385. The molecule has 2 fully saturated rings. The van der Waals surface area contributed by atoms with Crippen molar-refractivity contribution in [3.8, 4) is 0 Å². The lowest BCUT2D eigenvalue weighted by atomic mass is 9.96. The fourth-order valence-electron chi connectivity index (χ4n) is 3.62. The van der Waals surface area contributed by atoms with E-state index >= 15 is 0 Å². The second-order valence-corrected chi connectivity index (χ2v) is 6.70. The molecule has 128 valence electrons. The van der Waals surface area contributed by atoms with Gasteiger partial charge < -0.3 is 16.0 Å². The van der Waals surface area contributed by atoms with Crippen LogP contribution < -0.4 is 16.0 Å². The van der Waals surface area contributed by atoms with Crippen LogP contribution in [0.3, 0.4) is 0 Å². The molecule has 3 N–H and O–H groups in total. The molecule has 1 heterocycles. The fourth-order valence-corrected chi connectivity index (χ4v) is 3.62. The number of piperidine rings is 1. The Morgan fingerprint density at radius 2 is 1.65 bits per heavy atom. The van der Waals surface area contributed by atoms with Crippen LogP contribution in [0.2, 0.25) is 0 Å². The van der Waals surface area contributed by atoms with Gasteiger partial charge in [-0.1, -0.05) is 0 Å². The van der Waals surface area contributed by atoms with E-state index in [9.17, 15) is 13.2 Å². The van der Waals surface area contributed by atoms with Gasteiger partial charge in [-0.3, -0.25) is 0 Å². The number of halogens is 3. The van der Waals surface area contributed by atoms with Crippen LogP contribution >= 0.6 is 0 Å². The number of alkyl halides is 3. The summed E-state index contributed by atoms with van der Waals surface area (Å²) < 4.78 is 38.1. The Morgan fingerprint density at radius 3 is 2.17 bits per heavy atom.